The number of carboxylic acid groups (broad SMARTS) is 1. The summed E-state index contributed by atoms with van der Waals surface area (Å²) in [5.74, 6) is 1.17. The molecule has 1 amide bonds. The van der Waals surface area contributed by atoms with Gasteiger partial charge in [0.15, 0.2) is 11.5 Å². The van der Waals surface area contributed by atoms with Gasteiger partial charge in [-0.3, -0.25) is 9.59 Å². The van der Waals surface area contributed by atoms with Crippen molar-refractivity contribution in [2.75, 3.05) is 13.7 Å². The summed E-state index contributed by atoms with van der Waals surface area (Å²) in [5, 5.41) is 19.4. The lowest BCUT2D eigenvalue weighted by atomic mass is 10.1. The number of aliphatic hydroxyl groups is 1. The fraction of sp³-hybridized carbons (Fsp3) is 0.407. The summed E-state index contributed by atoms with van der Waals surface area (Å²) in [7, 11) is 1.59. The molecule has 2 aromatic rings. The van der Waals surface area contributed by atoms with Crippen molar-refractivity contribution in [1.29, 1.82) is 0 Å². The zero-order chi connectivity index (χ0) is 24.3. The van der Waals surface area contributed by atoms with Gasteiger partial charge in [-0.1, -0.05) is 49.3 Å². The normalized spacial score (nSPS) is 16.7. The van der Waals surface area contributed by atoms with Crippen LogP contribution in [0.4, 0.5) is 0 Å². The van der Waals surface area contributed by atoms with Gasteiger partial charge >= 0.3 is 5.97 Å². The number of aliphatic carboxylic acids is 1. The summed E-state index contributed by atoms with van der Waals surface area (Å²) >= 11 is 0. The van der Waals surface area contributed by atoms with Gasteiger partial charge in [-0.2, -0.15) is 0 Å². The Morgan fingerprint density at radius 3 is 2.65 bits per heavy atom. The Labute approximate surface area is 200 Å². The first-order chi connectivity index (χ1) is 16.5. The van der Waals surface area contributed by atoms with E-state index >= 15 is 0 Å². The first kappa shape index (κ1) is 25.3. The van der Waals surface area contributed by atoms with Gasteiger partial charge in [0.25, 0.3) is 0 Å². The molecule has 1 fully saturated rings. The van der Waals surface area contributed by atoms with E-state index in [0.29, 0.717) is 42.2 Å². The Bertz CT molecular complexity index is 989. The summed E-state index contributed by atoms with van der Waals surface area (Å²) < 4.78 is 11.3. The highest BCUT2D eigenvalue weighted by Gasteiger charge is 2.28. The summed E-state index contributed by atoms with van der Waals surface area (Å²) in [6, 6.07) is 14.6. The number of hydrogen-bond donors (Lipinski definition) is 2. The smallest absolute Gasteiger partial charge is 0.303 e. The van der Waals surface area contributed by atoms with Crippen LogP contribution in [0.5, 0.6) is 17.2 Å². The number of ether oxygens (including phenoxy) is 2. The minimum atomic E-state index is -0.824. The second kappa shape index (κ2) is 12.8. The minimum Gasteiger partial charge on any atom is -0.493 e. The van der Waals surface area contributed by atoms with E-state index in [1.165, 1.54) is 0 Å². The number of carboxylic acids is 1. The molecule has 1 heterocycles. The number of carbonyl (C=O) groups excluding carboxylic acids is 1. The first-order valence-corrected chi connectivity index (χ1v) is 11.8. The molecule has 2 N–H and O–H groups in total. The van der Waals surface area contributed by atoms with E-state index < -0.39 is 12.1 Å². The van der Waals surface area contributed by atoms with Gasteiger partial charge < -0.3 is 24.6 Å². The van der Waals surface area contributed by atoms with Crippen LogP contribution in [0.25, 0.3) is 0 Å². The highest BCUT2D eigenvalue weighted by atomic mass is 16.5. The number of likely N-dealkylation sites (tertiary alicyclic amines) is 1. The standard InChI is InChI=1S/C27H33NO6/c1-33-24-11-5-6-12-25(24)34-22-10-8-9-20(19-22)23(29)16-14-21-15-17-26(30)28(21)18-7-3-2-4-13-27(31)32/h5-6,8-12,14,16,19,21,23,29H,2-4,7,13,15,17-18H2,1H3,(H,31,32)/b16-14+/t21?,23-/m1/s1. The largest absolute Gasteiger partial charge is 0.493 e. The molecule has 34 heavy (non-hydrogen) atoms. The molecule has 0 radical (unpaired) electrons. The highest BCUT2D eigenvalue weighted by Crippen LogP contribution is 2.32. The second-order valence-electron chi connectivity index (χ2n) is 8.41. The summed E-state index contributed by atoms with van der Waals surface area (Å²) in [5.41, 5.74) is 0.693. The Kier molecular flexibility index (Phi) is 9.52. The van der Waals surface area contributed by atoms with Gasteiger partial charge in [-0.05, 0) is 49.1 Å². The van der Waals surface area contributed by atoms with Crippen molar-refractivity contribution < 1.29 is 29.3 Å². The molecule has 1 saturated heterocycles. The molecular weight excluding hydrogens is 434 g/mol. The lowest BCUT2D eigenvalue weighted by Crippen LogP contribution is -2.32. The molecule has 0 aromatic heterocycles. The molecule has 0 saturated carbocycles. The molecule has 0 aliphatic carbocycles. The number of hydrogen-bond acceptors (Lipinski definition) is 5. The molecule has 7 nitrogen and oxygen atoms in total. The molecule has 1 aliphatic heterocycles. The Hall–Kier alpha value is -3.32. The molecular formula is C27H33NO6. The van der Waals surface area contributed by atoms with Crippen LogP contribution in [-0.4, -0.2) is 46.7 Å². The number of para-hydroxylation sites is 2. The number of carbonyl (C=O) groups is 2. The summed E-state index contributed by atoms with van der Waals surface area (Å²) in [4.78, 5) is 24.8. The molecule has 0 spiro atoms. The van der Waals surface area contributed by atoms with Crippen molar-refractivity contribution in [1.82, 2.24) is 4.90 Å². The Morgan fingerprint density at radius 2 is 1.88 bits per heavy atom. The molecule has 2 aromatic carbocycles. The SMILES string of the molecule is COc1ccccc1Oc1cccc([C@H](O)/C=C/C2CCC(=O)N2CCCCCCC(=O)O)c1. The molecule has 1 aliphatic rings. The van der Waals surface area contributed by atoms with Crippen molar-refractivity contribution in [3.8, 4) is 17.2 Å². The number of methoxy groups -OCH3 is 1. The fourth-order valence-electron chi connectivity index (χ4n) is 4.10. The van der Waals surface area contributed by atoms with E-state index in [0.717, 1.165) is 25.7 Å². The van der Waals surface area contributed by atoms with E-state index in [1.54, 1.807) is 19.3 Å². The lowest BCUT2D eigenvalue weighted by Gasteiger charge is -2.22. The number of nitrogens with zero attached hydrogens (tertiary/aromatic N) is 1. The number of benzene rings is 2. The third-order valence-corrected chi connectivity index (χ3v) is 5.93. The van der Waals surface area contributed by atoms with Gasteiger partial charge in [0, 0.05) is 19.4 Å². The predicted octanol–water partition coefficient (Wildman–Crippen LogP) is 5.10. The maximum Gasteiger partial charge on any atom is 0.303 e. The predicted molar refractivity (Wildman–Crippen MR) is 129 cm³/mol. The Morgan fingerprint density at radius 1 is 1.12 bits per heavy atom. The third kappa shape index (κ3) is 7.35. The lowest BCUT2D eigenvalue weighted by molar-refractivity contribution is -0.137. The van der Waals surface area contributed by atoms with Crippen LogP contribution in [0.1, 0.15) is 56.6 Å². The average molecular weight is 468 g/mol. The molecule has 0 bridgehead atoms. The van der Waals surface area contributed by atoms with Crippen molar-refractivity contribution in [2.45, 2.75) is 57.1 Å². The Balaban J connectivity index is 1.55. The molecule has 182 valence electrons. The number of rotatable bonds is 13. The van der Waals surface area contributed by atoms with Crippen molar-refractivity contribution in [2.24, 2.45) is 0 Å². The van der Waals surface area contributed by atoms with E-state index in [9.17, 15) is 14.7 Å². The molecule has 7 heteroatoms. The fourth-order valence-corrected chi connectivity index (χ4v) is 4.10. The maximum absolute atomic E-state index is 12.3. The van der Waals surface area contributed by atoms with E-state index in [4.69, 9.17) is 14.6 Å². The van der Waals surface area contributed by atoms with Crippen LogP contribution in [0.15, 0.2) is 60.7 Å². The van der Waals surface area contributed by atoms with Crippen LogP contribution >= 0.6 is 0 Å². The van der Waals surface area contributed by atoms with Gasteiger partial charge in [0.05, 0.1) is 19.3 Å². The van der Waals surface area contributed by atoms with Crippen LogP contribution in [-0.2, 0) is 9.59 Å². The van der Waals surface area contributed by atoms with Gasteiger partial charge in [-0.15, -0.1) is 0 Å². The quantitative estimate of drug-likeness (QED) is 0.314. The maximum atomic E-state index is 12.3. The molecule has 2 atom stereocenters. The van der Waals surface area contributed by atoms with Crippen LogP contribution in [0, 0.1) is 0 Å². The first-order valence-electron chi connectivity index (χ1n) is 11.8. The number of amides is 1. The highest BCUT2D eigenvalue weighted by molar-refractivity contribution is 5.79. The van der Waals surface area contributed by atoms with Crippen LogP contribution < -0.4 is 9.47 Å². The molecule has 1 unspecified atom stereocenters. The van der Waals surface area contributed by atoms with E-state index in [2.05, 4.69) is 0 Å². The minimum absolute atomic E-state index is 0.0332. The van der Waals surface area contributed by atoms with Gasteiger partial charge in [0.1, 0.15) is 5.75 Å². The van der Waals surface area contributed by atoms with Crippen LogP contribution in [0.3, 0.4) is 0 Å². The van der Waals surface area contributed by atoms with Crippen molar-refractivity contribution in [3.05, 3.63) is 66.2 Å². The third-order valence-electron chi connectivity index (χ3n) is 5.93. The zero-order valence-electron chi connectivity index (χ0n) is 19.6. The topological polar surface area (TPSA) is 96.3 Å². The van der Waals surface area contributed by atoms with E-state index in [1.807, 2.05) is 53.4 Å². The van der Waals surface area contributed by atoms with Crippen molar-refractivity contribution in [3.63, 3.8) is 0 Å². The number of unbranched alkanes of at least 4 members (excludes halogenated alkanes) is 3. The van der Waals surface area contributed by atoms with Gasteiger partial charge in [0.2, 0.25) is 5.91 Å². The van der Waals surface area contributed by atoms with Crippen LogP contribution in [0.2, 0.25) is 0 Å². The second-order valence-corrected chi connectivity index (χ2v) is 8.41. The molecule has 3 rings (SSSR count). The number of aliphatic hydroxyl groups excluding tert-OH is 1. The average Bonchev–Trinajstić information content (AvgIpc) is 3.19. The summed E-state index contributed by atoms with van der Waals surface area (Å²) in [6.45, 7) is 0.652. The summed E-state index contributed by atoms with van der Waals surface area (Å²) in [6.07, 6.45) is 7.50. The monoisotopic (exact) mass is 467 g/mol. The van der Waals surface area contributed by atoms with E-state index in [-0.39, 0.29) is 18.4 Å². The van der Waals surface area contributed by atoms with Gasteiger partial charge in [-0.25, -0.2) is 0 Å². The van der Waals surface area contributed by atoms with Crippen molar-refractivity contribution >= 4 is 11.9 Å². The zero-order valence-corrected chi connectivity index (χ0v) is 19.6.